The van der Waals surface area contributed by atoms with E-state index in [4.69, 9.17) is 14.2 Å². The number of benzene rings is 1. The van der Waals surface area contributed by atoms with Gasteiger partial charge in [0, 0.05) is 12.8 Å². The van der Waals surface area contributed by atoms with Gasteiger partial charge in [0.2, 0.25) is 5.75 Å². The quantitative estimate of drug-likeness (QED) is 0.404. The molecule has 2 bridgehead atoms. The van der Waals surface area contributed by atoms with E-state index in [0.717, 1.165) is 17.3 Å². The molecule has 1 saturated carbocycles. The fourth-order valence-corrected chi connectivity index (χ4v) is 6.75. The van der Waals surface area contributed by atoms with Crippen LogP contribution in [0, 0.1) is 5.82 Å². The lowest BCUT2D eigenvalue weighted by Gasteiger charge is -2.47. The molecule has 19 heteroatoms. The molecular formula is C25H25F7N4O7S. The smallest absolute Gasteiger partial charge is 0.434 e. The van der Waals surface area contributed by atoms with Gasteiger partial charge in [-0.25, -0.2) is 22.6 Å². The predicted molar refractivity (Wildman–Crippen MR) is 135 cm³/mol. The summed E-state index contributed by atoms with van der Waals surface area (Å²) in [4.78, 5) is 21.2. The van der Waals surface area contributed by atoms with Crippen molar-refractivity contribution < 1.29 is 62.9 Å². The number of hydrogen-bond acceptors (Lipinski definition) is 10. The fourth-order valence-electron chi connectivity index (χ4n) is 5.09. The van der Waals surface area contributed by atoms with Crippen molar-refractivity contribution in [3.05, 3.63) is 30.3 Å². The summed E-state index contributed by atoms with van der Waals surface area (Å²) in [5.74, 6) is -1.14. The van der Waals surface area contributed by atoms with E-state index in [1.807, 2.05) is 0 Å². The molecule has 1 amide bonds. The van der Waals surface area contributed by atoms with Gasteiger partial charge in [0.25, 0.3) is 12.0 Å². The number of nitrogens with one attached hydrogen (secondary N) is 1. The molecule has 3 heterocycles. The fraction of sp³-hybridized carbons (Fsp3) is 0.560. The summed E-state index contributed by atoms with van der Waals surface area (Å²) in [6, 6.07) is 1.42. The van der Waals surface area contributed by atoms with Crippen molar-refractivity contribution in [3.63, 3.8) is 0 Å². The maximum Gasteiger partial charge on any atom is 0.434 e. The van der Waals surface area contributed by atoms with Crippen LogP contribution in [-0.4, -0.2) is 91.6 Å². The number of carbonyl (C=O) groups is 1. The first-order chi connectivity index (χ1) is 20.6. The lowest BCUT2D eigenvalue weighted by molar-refractivity contribution is -0.309. The van der Waals surface area contributed by atoms with Crippen LogP contribution < -0.4 is 14.8 Å². The zero-order valence-electron chi connectivity index (χ0n) is 22.7. The Kier molecular flexibility index (Phi) is 8.47. The van der Waals surface area contributed by atoms with E-state index in [-0.39, 0.29) is 54.1 Å². The highest BCUT2D eigenvalue weighted by Gasteiger charge is 2.61. The highest BCUT2D eigenvalue weighted by Crippen LogP contribution is 2.40. The molecular weight excluding hydrogens is 633 g/mol. The average molecular weight is 659 g/mol. The van der Waals surface area contributed by atoms with Crippen LogP contribution in [0.15, 0.2) is 29.4 Å². The molecule has 1 aromatic carbocycles. The van der Waals surface area contributed by atoms with Crippen molar-refractivity contribution in [2.45, 2.75) is 72.5 Å². The van der Waals surface area contributed by atoms with Crippen molar-refractivity contribution in [1.82, 2.24) is 14.9 Å². The molecule has 1 aromatic heterocycles. The largest absolute Gasteiger partial charge is 0.489 e. The normalized spacial score (nSPS) is 22.5. The maximum atomic E-state index is 14.9. The third-order valence-electron chi connectivity index (χ3n) is 7.24. The summed E-state index contributed by atoms with van der Waals surface area (Å²) >= 11 is 0. The van der Waals surface area contributed by atoms with Crippen LogP contribution in [0.3, 0.4) is 0 Å². The van der Waals surface area contributed by atoms with E-state index in [1.165, 1.54) is 19.2 Å². The number of methoxy groups -OCH3 is 1. The van der Waals surface area contributed by atoms with Gasteiger partial charge in [-0.2, -0.15) is 31.3 Å². The van der Waals surface area contributed by atoms with Gasteiger partial charge in [0.05, 0.1) is 48.2 Å². The Morgan fingerprint density at radius 2 is 1.70 bits per heavy atom. The van der Waals surface area contributed by atoms with E-state index < -0.39 is 63.6 Å². The molecule has 3 aliphatic rings. The van der Waals surface area contributed by atoms with Crippen LogP contribution in [0.2, 0.25) is 0 Å². The van der Waals surface area contributed by atoms with Gasteiger partial charge in [-0.1, -0.05) is 0 Å². The SMILES string of the molecule is COc1c(Nc2ccc(S(=O)(=O)C3CC3)cc2F)ncnc1OC1CC2COCC(C1)N2C(=O)OC(C(F)(F)F)C(F)(F)F. The molecule has 1 aliphatic carbocycles. The molecule has 2 saturated heterocycles. The van der Waals surface area contributed by atoms with Crippen molar-refractivity contribution in [2.24, 2.45) is 0 Å². The van der Waals surface area contributed by atoms with Crippen molar-refractivity contribution in [1.29, 1.82) is 0 Å². The van der Waals surface area contributed by atoms with Crippen LogP contribution in [0.1, 0.15) is 25.7 Å². The number of carbonyl (C=O) groups excluding carboxylic acids is 1. The summed E-state index contributed by atoms with van der Waals surface area (Å²) in [5.41, 5.74) is -0.128. The van der Waals surface area contributed by atoms with Gasteiger partial charge in [-0.3, -0.25) is 4.90 Å². The molecule has 2 aliphatic heterocycles. The Morgan fingerprint density at radius 1 is 1.07 bits per heavy atom. The highest BCUT2D eigenvalue weighted by atomic mass is 32.2. The van der Waals surface area contributed by atoms with Crippen LogP contribution in [0.4, 0.5) is 47.0 Å². The second-order valence-corrected chi connectivity index (χ2v) is 12.6. The summed E-state index contributed by atoms with van der Waals surface area (Å²) in [6.45, 7) is -0.402. The van der Waals surface area contributed by atoms with Crippen LogP contribution >= 0.6 is 0 Å². The maximum absolute atomic E-state index is 14.9. The van der Waals surface area contributed by atoms with E-state index in [0.29, 0.717) is 12.8 Å². The number of piperidine rings is 1. The van der Waals surface area contributed by atoms with Crippen LogP contribution in [0.5, 0.6) is 11.6 Å². The van der Waals surface area contributed by atoms with E-state index in [2.05, 4.69) is 20.0 Å². The number of amides is 1. The van der Waals surface area contributed by atoms with E-state index >= 15 is 0 Å². The second kappa shape index (κ2) is 11.7. The number of rotatable bonds is 8. The minimum atomic E-state index is -5.87. The number of ether oxygens (including phenoxy) is 4. The number of anilines is 2. The van der Waals surface area contributed by atoms with Gasteiger partial charge in [-0.05, 0) is 31.0 Å². The third kappa shape index (κ3) is 6.57. The number of fused-ring (bicyclic) bond motifs is 2. The molecule has 44 heavy (non-hydrogen) atoms. The molecule has 2 atom stereocenters. The second-order valence-electron chi connectivity index (χ2n) is 10.4. The van der Waals surface area contributed by atoms with Crippen LogP contribution in [-0.2, 0) is 19.3 Å². The van der Waals surface area contributed by atoms with Crippen molar-refractivity contribution >= 4 is 27.4 Å². The number of sulfone groups is 1. The molecule has 1 N–H and O–H groups in total. The lowest BCUT2D eigenvalue weighted by atomic mass is 9.92. The van der Waals surface area contributed by atoms with Gasteiger partial charge in [0.1, 0.15) is 18.2 Å². The molecule has 2 unspecified atom stereocenters. The van der Waals surface area contributed by atoms with Gasteiger partial charge in [0.15, 0.2) is 15.7 Å². The van der Waals surface area contributed by atoms with Crippen molar-refractivity contribution in [3.8, 4) is 11.6 Å². The minimum absolute atomic E-state index is 0.0518. The zero-order valence-corrected chi connectivity index (χ0v) is 23.5. The Hall–Kier alpha value is -3.61. The number of nitrogens with zero attached hydrogens (tertiary/aromatic N) is 3. The molecule has 5 rings (SSSR count). The molecule has 2 aromatic rings. The standard InChI is InChI=1S/C25H25F7N4O7S/c1-40-19-20(35-18-5-4-16(8-17(18)26)44(38,39)15-2-3-15)33-11-34-21(19)42-14-6-12-9-41-10-13(7-14)36(12)23(37)43-22(24(27,28)29)25(30,31)32/h4-5,8,11-15,22H,2-3,6-7,9-10H2,1H3,(H,33,34,35). The number of hydrogen-bond donors (Lipinski definition) is 1. The first-order valence-corrected chi connectivity index (χ1v) is 14.7. The predicted octanol–water partition coefficient (Wildman–Crippen LogP) is 4.54. The Bertz CT molecular complexity index is 1480. The Morgan fingerprint density at radius 3 is 2.25 bits per heavy atom. The molecule has 11 nitrogen and oxygen atoms in total. The van der Waals surface area contributed by atoms with Gasteiger partial charge < -0.3 is 24.3 Å². The highest BCUT2D eigenvalue weighted by molar-refractivity contribution is 7.92. The number of morpholine rings is 1. The van der Waals surface area contributed by atoms with Gasteiger partial charge >= 0.3 is 18.4 Å². The molecule has 3 fully saturated rings. The third-order valence-corrected chi connectivity index (χ3v) is 9.50. The number of aromatic nitrogens is 2. The first-order valence-electron chi connectivity index (χ1n) is 13.2. The molecule has 0 spiro atoms. The minimum Gasteiger partial charge on any atom is -0.489 e. The zero-order chi connectivity index (χ0) is 32.0. The Balaban J connectivity index is 1.30. The monoisotopic (exact) mass is 658 g/mol. The average Bonchev–Trinajstić information content (AvgIpc) is 3.77. The van der Waals surface area contributed by atoms with E-state index in [9.17, 15) is 43.9 Å². The summed E-state index contributed by atoms with van der Waals surface area (Å²) in [7, 11) is -2.38. The number of alkyl halides is 6. The summed E-state index contributed by atoms with van der Waals surface area (Å²) < 4.78 is 138. The van der Waals surface area contributed by atoms with E-state index in [1.54, 1.807) is 0 Å². The number of halogens is 7. The van der Waals surface area contributed by atoms with Gasteiger partial charge in [-0.15, -0.1) is 0 Å². The molecule has 242 valence electrons. The Labute approximate surface area is 245 Å². The topological polar surface area (TPSA) is 129 Å². The summed E-state index contributed by atoms with van der Waals surface area (Å²) in [6.07, 6.45) is -16.6. The van der Waals surface area contributed by atoms with Crippen molar-refractivity contribution in [2.75, 3.05) is 25.6 Å². The first kappa shape index (κ1) is 31.8. The van der Waals surface area contributed by atoms with Crippen LogP contribution in [0.25, 0.3) is 0 Å². The summed E-state index contributed by atoms with van der Waals surface area (Å²) in [5, 5.41) is 2.17. The molecule has 0 radical (unpaired) electrons. The lowest BCUT2D eigenvalue weighted by Crippen LogP contribution is -2.62.